The van der Waals surface area contributed by atoms with Crippen LogP contribution in [0.2, 0.25) is 0 Å². The molecule has 0 spiro atoms. The maximum atomic E-state index is 13.4. The van der Waals surface area contributed by atoms with Crippen LogP contribution >= 0.6 is 0 Å². The Labute approximate surface area is 186 Å². The van der Waals surface area contributed by atoms with E-state index >= 15 is 0 Å². The maximum absolute atomic E-state index is 13.4. The molecule has 0 bridgehead atoms. The SMILES string of the molecule is O=C(NC1CCC(N[C@@H](CO)C(F)(F)F)CC1)C1CC(Oc2cc(F)ccc2OC(F)F)C1. The van der Waals surface area contributed by atoms with Crippen LogP contribution in [0.25, 0.3) is 0 Å². The highest BCUT2D eigenvalue weighted by atomic mass is 19.4. The molecule has 1 atom stereocenters. The molecule has 0 saturated heterocycles. The molecule has 186 valence electrons. The number of carbonyl (C=O) groups is 1. The van der Waals surface area contributed by atoms with Crippen LogP contribution in [0.5, 0.6) is 11.5 Å². The Morgan fingerprint density at radius 2 is 1.73 bits per heavy atom. The van der Waals surface area contributed by atoms with Crippen molar-refractivity contribution in [2.75, 3.05) is 6.61 Å². The van der Waals surface area contributed by atoms with Gasteiger partial charge in [0.05, 0.1) is 6.61 Å². The molecule has 2 saturated carbocycles. The number of aliphatic hydroxyl groups is 1. The van der Waals surface area contributed by atoms with Gasteiger partial charge in [-0.3, -0.25) is 4.79 Å². The van der Waals surface area contributed by atoms with Crippen molar-refractivity contribution in [2.24, 2.45) is 5.92 Å². The molecule has 0 aliphatic heterocycles. The van der Waals surface area contributed by atoms with E-state index < -0.39 is 43.4 Å². The second-order valence-corrected chi connectivity index (χ2v) is 8.38. The number of aliphatic hydroxyl groups excluding tert-OH is 1. The normalized spacial score (nSPS) is 26.4. The Balaban J connectivity index is 1.40. The highest BCUT2D eigenvalue weighted by Crippen LogP contribution is 2.37. The number of hydrogen-bond donors (Lipinski definition) is 3. The Kier molecular flexibility index (Phi) is 8.33. The van der Waals surface area contributed by atoms with Gasteiger partial charge in [0.1, 0.15) is 18.0 Å². The van der Waals surface area contributed by atoms with E-state index in [1.54, 1.807) is 0 Å². The van der Waals surface area contributed by atoms with Crippen LogP contribution in [0.4, 0.5) is 26.3 Å². The Morgan fingerprint density at radius 3 is 2.30 bits per heavy atom. The molecule has 1 aromatic rings. The van der Waals surface area contributed by atoms with E-state index in [-0.39, 0.29) is 29.4 Å². The van der Waals surface area contributed by atoms with Crippen molar-refractivity contribution in [1.29, 1.82) is 0 Å². The third kappa shape index (κ3) is 7.13. The summed E-state index contributed by atoms with van der Waals surface area (Å²) >= 11 is 0. The summed E-state index contributed by atoms with van der Waals surface area (Å²) in [6.07, 6.45) is -2.48. The summed E-state index contributed by atoms with van der Waals surface area (Å²) in [6, 6.07) is 0.432. The van der Waals surface area contributed by atoms with Crippen LogP contribution in [0.15, 0.2) is 18.2 Å². The number of rotatable bonds is 9. The average molecular weight is 484 g/mol. The number of nitrogens with one attached hydrogen (secondary N) is 2. The van der Waals surface area contributed by atoms with Gasteiger partial charge in [-0.1, -0.05) is 0 Å². The molecule has 1 amide bonds. The number of hydrogen-bond acceptors (Lipinski definition) is 5. The first kappa shape index (κ1) is 25.4. The standard InChI is InChI=1S/C21H26F6N2O4/c22-12-1-6-16(33-20(23)24)17(9-12)32-15-7-11(8-15)19(31)29-14-4-2-13(3-5-14)28-18(10-30)21(25,26)27/h1,6,9,11,13-15,18,20,28,30H,2-5,7-8,10H2,(H,29,31)/t11?,13?,14?,15?,18-/m0/s1. The lowest BCUT2D eigenvalue weighted by molar-refractivity contribution is -0.166. The van der Waals surface area contributed by atoms with E-state index in [0.29, 0.717) is 38.5 Å². The van der Waals surface area contributed by atoms with Gasteiger partial charge in [-0.05, 0) is 50.7 Å². The van der Waals surface area contributed by atoms with Gasteiger partial charge in [0.15, 0.2) is 11.5 Å². The van der Waals surface area contributed by atoms with Gasteiger partial charge in [0.2, 0.25) is 5.91 Å². The molecule has 0 heterocycles. The van der Waals surface area contributed by atoms with Crippen LogP contribution in [-0.4, -0.2) is 54.6 Å². The first-order chi connectivity index (χ1) is 15.5. The topological polar surface area (TPSA) is 79.8 Å². The second kappa shape index (κ2) is 10.8. The van der Waals surface area contributed by atoms with E-state index in [1.807, 2.05) is 0 Å². The lowest BCUT2D eigenvalue weighted by Crippen LogP contribution is -2.52. The molecule has 2 aliphatic carbocycles. The summed E-state index contributed by atoms with van der Waals surface area (Å²) in [6.45, 7) is -4.12. The number of amides is 1. The molecule has 12 heteroatoms. The molecule has 3 N–H and O–H groups in total. The molecular weight excluding hydrogens is 458 g/mol. The van der Waals surface area contributed by atoms with Crippen molar-refractivity contribution in [3.8, 4) is 11.5 Å². The predicted octanol–water partition coefficient (Wildman–Crippen LogP) is 3.52. The zero-order chi connectivity index (χ0) is 24.2. The quantitative estimate of drug-likeness (QED) is 0.468. The Hall–Kier alpha value is -2.21. The monoisotopic (exact) mass is 484 g/mol. The Bertz CT molecular complexity index is 795. The molecule has 2 fully saturated rings. The van der Waals surface area contributed by atoms with Crippen LogP contribution in [-0.2, 0) is 4.79 Å². The van der Waals surface area contributed by atoms with Gasteiger partial charge in [-0.2, -0.15) is 22.0 Å². The zero-order valence-electron chi connectivity index (χ0n) is 17.6. The van der Waals surface area contributed by atoms with Crippen molar-refractivity contribution in [1.82, 2.24) is 10.6 Å². The lowest BCUT2D eigenvalue weighted by atomic mass is 9.81. The molecule has 0 aromatic heterocycles. The highest BCUT2D eigenvalue weighted by Gasteiger charge is 2.41. The second-order valence-electron chi connectivity index (χ2n) is 8.38. The van der Waals surface area contributed by atoms with Crippen molar-refractivity contribution in [2.45, 2.75) is 75.5 Å². The summed E-state index contributed by atoms with van der Waals surface area (Å²) in [5, 5.41) is 14.2. The average Bonchev–Trinajstić information content (AvgIpc) is 2.70. The molecule has 33 heavy (non-hydrogen) atoms. The van der Waals surface area contributed by atoms with Crippen molar-refractivity contribution in [3.05, 3.63) is 24.0 Å². The number of carbonyl (C=O) groups excluding carboxylic acids is 1. The summed E-state index contributed by atoms with van der Waals surface area (Å²) < 4.78 is 86.6. The lowest BCUT2D eigenvalue weighted by Gasteiger charge is -2.37. The fourth-order valence-corrected chi connectivity index (χ4v) is 4.08. The fraction of sp³-hybridized carbons (Fsp3) is 0.667. The van der Waals surface area contributed by atoms with E-state index in [9.17, 15) is 31.1 Å². The minimum atomic E-state index is -4.53. The van der Waals surface area contributed by atoms with E-state index in [0.717, 1.165) is 18.2 Å². The smallest absolute Gasteiger partial charge is 0.406 e. The predicted molar refractivity (Wildman–Crippen MR) is 104 cm³/mol. The van der Waals surface area contributed by atoms with Gasteiger partial charge >= 0.3 is 12.8 Å². The van der Waals surface area contributed by atoms with E-state index in [4.69, 9.17) is 9.84 Å². The van der Waals surface area contributed by atoms with Crippen molar-refractivity contribution in [3.63, 3.8) is 0 Å². The number of halogens is 6. The van der Waals surface area contributed by atoms with Gasteiger partial charge in [-0.25, -0.2) is 4.39 Å². The third-order valence-corrected chi connectivity index (χ3v) is 5.97. The molecule has 3 rings (SSSR count). The summed E-state index contributed by atoms with van der Waals surface area (Å²) in [5.41, 5.74) is 0. The third-order valence-electron chi connectivity index (χ3n) is 5.97. The number of alkyl halides is 5. The van der Waals surface area contributed by atoms with E-state index in [2.05, 4.69) is 15.4 Å². The fourth-order valence-electron chi connectivity index (χ4n) is 4.08. The minimum Gasteiger partial charge on any atom is -0.486 e. The van der Waals surface area contributed by atoms with Gasteiger partial charge in [0.25, 0.3) is 0 Å². The summed E-state index contributed by atoms with van der Waals surface area (Å²) in [7, 11) is 0. The van der Waals surface area contributed by atoms with E-state index in [1.165, 1.54) is 0 Å². The van der Waals surface area contributed by atoms with Crippen molar-refractivity contribution < 1.29 is 45.7 Å². The van der Waals surface area contributed by atoms with Crippen LogP contribution in [0.1, 0.15) is 38.5 Å². The van der Waals surface area contributed by atoms with Crippen LogP contribution in [0, 0.1) is 11.7 Å². The number of benzene rings is 1. The first-order valence-electron chi connectivity index (χ1n) is 10.7. The molecule has 6 nitrogen and oxygen atoms in total. The largest absolute Gasteiger partial charge is 0.486 e. The zero-order valence-corrected chi connectivity index (χ0v) is 17.6. The summed E-state index contributed by atoms with van der Waals surface area (Å²) in [5.74, 6) is -1.70. The molecule has 1 aromatic carbocycles. The maximum Gasteiger partial charge on any atom is 0.406 e. The molecule has 0 unspecified atom stereocenters. The summed E-state index contributed by atoms with van der Waals surface area (Å²) in [4.78, 5) is 12.4. The first-order valence-corrected chi connectivity index (χ1v) is 10.7. The minimum absolute atomic E-state index is 0.162. The van der Waals surface area contributed by atoms with Crippen LogP contribution < -0.4 is 20.1 Å². The van der Waals surface area contributed by atoms with Crippen molar-refractivity contribution >= 4 is 5.91 Å². The number of ether oxygens (including phenoxy) is 2. The van der Waals surface area contributed by atoms with Crippen LogP contribution in [0.3, 0.4) is 0 Å². The molecular formula is C21H26F6N2O4. The molecule has 0 radical (unpaired) electrons. The van der Waals surface area contributed by atoms with Gasteiger partial charge in [-0.15, -0.1) is 0 Å². The Morgan fingerprint density at radius 1 is 1.09 bits per heavy atom. The highest BCUT2D eigenvalue weighted by molar-refractivity contribution is 5.80. The van der Waals surface area contributed by atoms with Gasteiger partial charge < -0.3 is 25.2 Å². The molecule has 2 aliphatic rings. The van der Waals surface area contributed by atoms with Gasteiger partial charge in [0, 0.05) is 24.1 Å².